The second kappa shape index (κ2) is 3.60. The third-order valence-electron chi connectivity index (χ3n) is 2.01. The van der Waals surface area contributed by atoms with Crippen LogP contribution < -0.4 is 4.65 Å². The Bertz CT molecular complexity index is 456. The molecule has 0 saturated carbocycles. The molecule has 0 spiro atoms. The second-order valence-electron chi connectivity index (χ2n) is 2.89. The molecule has 0 aliphatic rings. The van der Waals surface area contributed by atoms with E-state index in [4.69, 9.17) is 9.68 Å². The van der Waals surface area contributed by atoms with E-state index < -0.39 is 0 Å². The summed E-state index contributed by atoms with van der Waals surface area (Å²) in [5.74, 6) is 0.250. The molecule has 3 nitrogen and oxygen atoms in total. The van der Waals surface area contributed by atoms with E-state index in [-0.39, 0.29) is 11.5 Å². The summed E-state index contributed by atoms with van der Waals surface area (Å²) in [6.45, 7) is 0. The van der Waals surface area contributed by atoms with Crippen LogP contribution >= 0.6 is 0 Å². The highest BCUT2D eigenvalue weighted by molar-refractivity contribution is 6.17. The summed E-state index contributed by atoms with van der Waals surface area (Å²) in [6.07, 6.45) is 0. The van der Waals surface area contributed by atoms with E-state index in [1.807, 2.05) is 24.3 Å². The fraction of sp³-hybridized carbons (Fsp3) is 0. The summed E-state index contributed by atoms with van der Waals surface area (Å²) < 4.78 is 4.73. The lowest BCUT2D eigenvalue weighted by molar-refractivity contribution is 0.411. The largest absolute Gasteiger partial charge is 0.569 e. The molecule has 2 aromatic rings. The molecule has 0 bridgehead atoms. The van der Waals surface area contributed by atoms with Gasteiger partial charge in [0.15, 0.2) is 5.75 Å². The Balaban J connectivity index is 2.59. The molecule has 1 radical (unpaired) electrons. The topological polar surface area (TPSA) is 49.7 Å². The lowest BCUT2D eigenvalue weighted by Gasteiger charge is -2.06. The van der Waals surface area contributed by atoms with E-state index in [9.17, 15) is 5.11 Å². The Morgan fingerprint density at radius 1 is 1.07 bits per heavy atom. The minimum absolute atomic E-state index is 0.00833. The molecule has 2 N–H and O–H groups in total. The van der Waals surface area contributed by atoms with Gasteiger partial charge in [-0.3, -0.25) is 0 Å². The van der Waals surface area contributed by atoms with Gasteiger partial charge in [0.1, 0.15) is 5.75 Å². The first-order valence-electron chi connectivity index (χ1n) is 4.15. The highest BCUT2D eigenvalue weighted by Crippen LogP contribution is 2.30. The van der Waals surface area contributed by atoms with E-state index in [0.29, 0.717) is 7.69 Å². The van der Waals surface area contributed by atoms with Crippen LogP contribution in [-0.4, -0.2) is 17.8 Å². The van der Waals surface area contributed by atoms with Gasteiger partial charge in [0.25, 0.3) is 0 Å². The molecule has 0 unspecified atom stereocenters. The lowest BCUT2D eigenvalue weighted by atomic mass is 10.1. The predicted octanol–water partition coefficient (Wildman–Crippen LogP) is 1.45. The molecule has 4 heteroatoms. The smallest absolute Gasteiger partial charge is 0.535 e. The molecule has 0 aromatic heterocycles. The molecule has 14 heavy (non-hydrogen) atoms. The van der Waals surface area contributed by atoms with Gasteiger partial charge in [0, 0.05) is 0 Å². The van der Waals surface area contributed by atoms with Crippen LogP contribution in [0, 0.1) is 0 Å². The van der Waals surface area contributed by atoms with Gasteiger partial charge in [-0.2, -0.15) is 0 Å². The third-order valence-corrected chi connectivity index (χ3v) is 2.01. The van der Waals surface area contributed by atoms with Gasteiger partial charge in [0.05, 0.1) is 0 Å². The molecule has 2 rings (SSSR count). The molecule has 0 atom stereocenters. The van der Waals surface area contributed by atoms with Crippen LogP contribution in [-0.2, 0) is 0 Å². The standard InChI is InChI=1S/C10H8BO3/c12-9-5-7-3-1-2-4-8(7)6-10(9)14-11-13/h1-6,12-13H. The number of fused-ring (bicyclic) bond motifs is 1. The van der Waals surface area contributed by atoms with Crippen molar-refractivity contribution in [2.24, 2.45) is 0 Å². The van der Waals surface area contributed by atoms with Crippen molar-refractivity contribution in [2.75, 3.05) is 0 Å². The average molecular weight is 187 g/mol. The Hall–Kier alpha value is -1.68. The van der Waals surface area contributed by atoms with E-state index in [1.165, 1.54) is 0 Å². The zero-order chi connectivity index (χ0) is 9.97. The van der Waals surface area contributed by atoms with Crippen molar-refractivity contribution >= 4 is 18.5 Å². The second-order valence-corrected chi connectivity index (χ2v) is 2.89. The highest BCUT2D eigenvalue weighted by atomic mass is 16.5. The molecule has 0 aliphatic heterocycles. The number of benzene rings is 2. The van der Waals surface area contributed by atoms with Gasteiger partial charge < -0.3 is 14.8 Å². The Morgan fingerprint density at radius 2 is 1.71 bits per heavy atom. The van der Waals surface area contributed by atoms with Gasteiger partial charge in [0.2, 0.25) is 0 Å². The first-order valence-corrected chi connectivity index (χ1v) is 4.15. The summed E-state index contributed by atoms with van der Waals surface area (Å²) in [7, 11) is 0.545. The van der Waals surface area contributed by atoms with Crippen LogP contribution in [0.15, 0.2) is 36.4 Å². The maximum Gasteiger partial charge on any atom is 0.569 e. The molecule has 0 aliphatic carbocycles. The first-order chi connectivity index (χ1) is 6.81. The highest BCUT2D eigenvalue weighted by Gasteiger charge is 2.04. The number of aromatic hydroxyl groups is 1. The lowest BCUT2D eigenvalue weighted by Crippen LogP contribution is -1.99. The van der Waals surface area contributed by atoms with Crippen LogP contribution in [0.4, 0.5) is 0 Å². The quantitative estimate of drug-likeness (QED) is 0.699. The van der Waals surface area contributed by atoms with Crippen molar-refractivity contribution in [3.63, 3.8) is 0 Å². The maximum atomic E-state index is 9.48. The van der Waals surface area contributed by atoms with Crippen molar-refractivity contribution in [2.45, 2.75) is 0 Å². The van der Waals surface area contributed by atoms with Crippen molar-refractivity contribution in [1.29, 1.82) is 0 Å². The fourth-order valence-corrected chi connectivity index (χ4v) is 1.36. The molecule has 0 heterocycles. The van der Waals surface area contributed by atoms with Crippen LogP contribution in [0.5, 0.6) is 11.5 Å². The summed E-state index contributed by atoms with van der Waals surface area (Å²) in [5, 5.41) is 19.8. The molecule has 0 amide bonds. The Kier molecular flexibility index (Phi) is 2.29. The number of hydrogen-bond acceptors (Lipinski definition) is 3. The minimum Gasteiger partial charge on any atom is -0.535 e. The summed E-state index contributed by atoms with van der Waals surface area (Å²) >= 11 is 0. The van der Waals surface area contributed by atoms with Crippen molar-refractivity contribution in [3.8, 4) is 11.5 Å². The van der Waals surface area contributed by atoms with Gasteiger partial charge >= 0.3 is 7.69 Å². The van der Waals surface area contributed by atoms with Crippen LogP contribution in [0.1, 0.15) is 0 Å². The van der Waals surface area contributed by atoms with Gasteiger partial charge in [-0.15, -0.1) is 0 Å². The number of phenolic OH excluding ortho intramolecular Hbond substituents is 1. The van der Waals surface area contributed by atoms with Crippen molar-refractivity contribution < 1.29 is 14.8 Å². The van der Waals surface area contributed by atoms with E-state index in [1.54, 1.807) is 12.1 Å². The van der Waals surface area contributed by atoms with Gasteiger partial charge in [-0.1, -0.05) is 24.3 Å². The van der Waals surface area contributed by atoms with Crippen molar-refractivity contribution in [3.05, 3.63) is 36.4 Å². The molecule has 69 valence electrons. The normalized spacial score (nSPS) is 10.1. The molecular weight excluding hydrogens is 179 g/mol. The van der Waals surface area contributed by atoms with E-state index in [0.717, 1.165) is 10.8 Å². The molecule has 2 aromatic carbocycles. The predicted molar refractivity (Wildman–Crippen MR) is 54.2 cm³/mol. The van der Waals surface area contributed by atoms with Gasteiger partial charge in [-0.05, 0) is 22.9 Å². The number of phenols is 1. The van der Waals surface area contributed by atoms with Crippen LogP contribution in [0.25, 0.3) is 10.8 Å². The maximum absolute atomic E-state index is 9.48. The zero-order valence-corrected chi connectivity index (χ0v) is 7.34. The number of rotatable bonds is 2. The first kappa shape index (κ1) is 8.90. The van der Waals surface area contributed by atoms with Crippen LogP contribution in [0.3, 0.4) is 0 Å². The summed E-state index contributed by atoms with van der Waals surface area (Å²) in [5.41, 5.74) is 0. The van der Waals surface area contributed by atoms with E-state index in [2.05, 4.69) is 0 Å². The zero-order valence-electron chi connectivity index (χ0n) is 7.34. The van der Waals surface area contributed by atoms with E-state index >= 15 is 0 Å². The Morgan fingerprint density at radius 3 is 2.36 bits per heavy atom. The SMILES string of the molecule is O[B]Oc1cc2ccccc2cc1O. The third kappa shape index (κ3) is 1.52. The summed E-state index contributed by atoms with van der Waals surface area (Å²) in [4.78, 5) is 0. The average Bonchev–Trinajstić information content (AvgIpc) is 2.19. The summed E-state index contributed by atoms with van der Waals surface area (Å²) in [6, 6.07) is 10.8. The fourth-order valence-electron chi connectivity index (χ4n) is 1.36. The van der Waals surface area contributed by atoms with Crippen LogP contribution in [0.2, 0.25) is 0 Å². The molecular formula is C10H8BO3. The molecule has 0 fully saturated rings. The van der Waals surface area contributed by atoms with Gasteiger partial charge in [-0.25, -0.2) is 0 Å². The molecule has 0 saturated heterocycles. The monoisotopic (exact) mass is 187 g/mol. The van der Waals surface area contributed by atoms with Crippen molar-refractivity contribution in [1.82, 2.24) is 0 Å². The Labute approximate surface area is 81.9 Å². The number of hydrogen-bond donors (Lipinski definition) is 2. The minimum atomic E-state index is 0.00833.